The van der Waals surface area contributed by atoms with Crippen molar-refractivity contribution in [3.63, 3.8) is 0 Å². The van der Waals surface area contributed by atoms with Crippen molar-refractivity contribution in [1.29, 1.82) is 0 Å². The molecule has 2 bridgehead atoms. The first-order chi connectivity index (χ1) is 14.3. The molecule has 6 nitrogen and oxygen atoms in total. The van der Waals surface area contributed by atoms with Crippen LogP contribution in [0, 0.1) is 0 Å². The number of ether oxygens (including phenoxy) is 1. The van der Waals surface area contributed by atoms with E-state index in [9.17, 15) is 23.4 Å². The fraction of sp³-hybridized carbons (Fsp3) is 0.524. The molecule has 2 aliphatic heterocycles. The average molecular weight is 421 g/mol. The molecule has 30 heavy (non-hydrogen) atoms. The quantitative estimate of drug-likeness (QED) is 0.695. The second-order valence-corrected chi connectivity index (χ2v) is 8.30. The molecule has 1 saturated carbocycles. The van der Waals surface area contributed by atoms with Gasteiger partial charge in [-0.1, -0.05) is 0 Å². The summed E-state index contributed by atoms with van der Waals surface area (Å²) in [5, 5.41) is 32.4. The molecule has 1 aromatic carbocycles. The molecule has 2 fully saturated rings. The molecule has 5 rings (SSSR count). The highest BCUT2D eigenvalue weighted by molar-refractivity contribution is 5.73. The van der Waals surface area contributed by atoms with Crippen molar-refractivity contribution in [3.8, 4) is 17.0 Å². The molecule has 3 aliphatic rings. The lowest BCUT2D eigenvalue weighted by atomic mass is 9.93. The number of nitrogens with one attached hydrogen (secondary N) is 1. The van der Waals surface area contributed by atoms with Gasteiger partial charge in [-0.05, 0) is 55.9 Å². The first-order valence-electron chi connectivity index (χ1n) is 10.2. The summed E-state index contributed by atoms with van der Waals surface area (Å²) in [5.74, 6) is 0.0727. The number of nitrogens with zero attached hydrogens (tertiary/aromatic N) is 2. The Balaban J connectivity index is 1.58. The minimum Gasteiger partial charge on any atom is -0.507 e. The van der Waals surface area contributed by atoms with Crippen LogP contribution in [-0.4, -0.2) is 38.7 Å². The molecule has 0 unspecified atom stereocenters. The second-order valence-electron chi connectivity index (χ2n) is 8.30. The molecule has 0 radical (unpaired) electrons. The Bertz CT molecular complexity index is 982. The number of phenols is 1. The van der Waals surface area contributed by atoms with Crippen molar-refractivity contribution in [1.82, 2.24) is 10.2 Å². The molecule has 2 aromatic rings. The number of anilines is 1. The molecule has 3 heterocycles. The van der Waals surface area contributed by atoms with Crippen LogP contribution in [0.2, 0.25) is 0 Å². The molecular formula is C21H22F3N3O3. The van der Waals surface area contributed by atoms with Gasteiger partial charge >= 0.3 is 6.18 Å². The third-order valence-corrected chi connectivity index (χ3v) is 6.36. The number of fused-ring (bicyclic) bond motifs is 4. The molecule has 160 valence electrons. The van der Waals surface area contributed by atoms with Gasteiger partial charge in [-0.25, -0.2) is 0 Å². The number of hydrogen-bond acceptors (Lipinski definition) is 6. The van der Waals surface area contributed by atoms with Gasteiger partial charge in [-0.3, -0.25) is 0 Å². The molecule has 1 aliphatic carbocycles. The van der Waals surface area contributed by atoms with E-state index in [1.54, 1.807) is 0 Å². The number of aromatic hydroxyl groups is 1. The molecule has 9 heteroatoms. The van der Waals surface area contributed by atoms with Crippen LogP contribution in [0.1, 0.15) is 54.9 Å². The van der Waals surface area contributed by atoms with Gasteiger partial charge in [0.25, 0.3) is 0 Å². The van der Waals surface area contributed by atoms with E-state index in [4.69, 9.17) is 4.74 Å². The first-order valence-corrected chi connectivity index (χ1v) is 10.2. The molecule has 1 saturated heterocycles. The van der Waals surface area contributed by atoms with E-state index in [2.05, 4.69) is 15.5 Å². The number of aromatic nitrogens is 2. The third kappa shape index (κ3) is 3.30. The van der Waals surface area contributed by atoms with E-state index < -0.39 is 23.6 Å². The zero-order valence-electron chi connectivity index (χ0n) is 16.1. The molecule has 3 N–H and O–H groups in total. The summed E-state index contributed by atoms with van der Waals surface area (Å²) < 4.78 is 45.0. The monoisotopic (exact) mass is 421 g/mol. The number of aliphatic hydroxyl groups is 1. The van der Waals surface area contributed by atoms with Gasteiger partial charge in [0.2, 0.25) is 0 Å². The zero-order valence-corrected chi connectivity index (χ0v) is 16.1. The van der Waals surface area contributed by atoms with Crippen LogP contribution in [0.5, 0.6) is 5.75 Å². The second kappa shape index (κ2) is 7.09. The summed E-state index contributed by atoms with van der Waals surface area (Å²) in [6.07, 6.45) is -0.413. The first kappa shape index (κ1) is 19.6. The Morgan fingerprint density at radius 3 is 2.63 bits per heavy atom. The highest BCUT2D eigenvalue weighted by Gasteiger charge is 2.40. The summed E-state index contributed by atoms with van der Waals surface area (Å²) >= 11 is 0. The number of aliphatic hydroxyl groups excluding tert-OH is 1. The summed E-state index contributed by atoms with van der Waals surface area (Å²) in [5.41, 5.74) is 1.37. The molecular weight excluding hydrogens is 399 g/mol. The number of hydrogen-bond donors (Lipinski definition) is 3. The highest BCUT2D eigenvalue weighted by Crippen LogP contribution is 2.47. The van der Waals surface area contributed by atoms with Crippen LogP contribution < -0.4 is 5.32 Å². The van der Waals surface area contributed by atoms with E-state index >= 15 is 0 Å². The maximum Gasteiger partial charge on any atom is 0.416 e. The van der Waals surface area contributed by atoms with Gasteiger partial charge in [-0.2, -0.15) is 13.2 Å². The Hall–Kier alpha value is -2.39. The molecule has 0 amide bonds. The van der Waals surface area contributed by atoms with Crippen LogP contribution in [0.15, 0.2) is 18.2 Å². The van der Waals surface area contributed by atoms with E-state index in [1.165, 1.54) is 6.07 Å². The lowest BCUT2D eigenvalue weighted by Gasteiger charge is -2.29. The van der Waals surface area contributed by atoms with E-state index in [0.717, 1.165) is 55.4 Å². The molecule has 4 atom stereocenters. The lowest BCUT2D eigenvalue weighted by Crippen LogP contribution is -2.30. The van der Waals surface area contributed by atoms with Crippen LogP contribution in [0.4, 0.5) is 19.0 Å². The highest BCUT2D eigenvalue weighted by atomic mass is 19.4. The van der Waals surface area contributed by atoms with Gasteiger partial charge in [0, 0.05) is 17.5 Å². The Morgan fingerprint density at radius 1 is 1.10 bits per heavy atom. The SMILES string of the molecule is Oc1cc(C(F)(F)F)ccc1-c1nnc(N[C@@H]2CCC[C@H]2O)c2c1C[C@H]1CC[C@@H]2O1. The van der Waals surface area contributed by atoms with E-state index in [1.807, 2.05) is 0 Å². The number of benzene rings is 1. The van der Waals surface area contributed by atoms with Gasteiger partial charge in [0.15, 0.2) is 5.82 Å². The molecule has 1 aromatic heterocycles. The Kier molecular flexibility index (Phi) is 4.62. The minimum absolute atomic E-state index is 0.0203. The van der Waals surface area contributed by atoms with E-state index in [-0.39, 0.29) is 23.8 Å². The summed E-state index contributed by atoms with van der Waals surface area (Å²) in [6.45, 7) is 0. The van der Waals surface area contributed by atoms with Gasteiger partial charge < -0.3 is 20.3 Å². The summed E-state index contributed by atoms with van der Waals surface area (Å²) in [6, 6.07) is 2.79. The number of alkyl halides is 3. The van der Waals surface area contributed by atoms with Gasteiger partial charge in [-0.15, -0.1) is 10.2 Å². The fourth-order valence-corrected chi connectivity index (χ4v) is 4.85. The van der Waals surface area contributed by atoms with Crippen LogP contribution >= 0.6 is 0 Å². The van der Waals surface area contributed by atoms with Crippen LogP contribution in [0.25, 0.3) is 11.3 Å². The predicted molar refractivity (Wildman–Crippen MR) is 102 cm³/mol. The smallest absolute Gasteiger partial charge is 0.416 e. The summed E-state index contributed by atoms with van der Waals surface area (Å²) in [4.78, 5) is 0. The van der Waals surface area contributed by atoms with Crippen molar-refractivity contribution in [3.05, 3.63) is 34.9 Å². The molecule has 0 spiro atoms. The maximum absolute atomic E-state index is 13.0. The fourth-order valence-electron chi connectivity index (χ4n) is 4.85. The van der Waals surface area contributed by atoms with Gasteiger partial charge in [0.1, 0.15) is 11.4 Å². The Morgan fingerprint density at radius 2 is 1.93 bits per heavy atom. The zero-order chi connectivity index (χ0) is 21.0. The van der Waals surface area contributed by atoms with Crippen molar-refractivity contribution in [2.75, 3.05) is 5.32 Å². The normalized spacial score (nSPS) is 27.9. The topological polar surface area (TPSA) is 87.5 Å². The maximum atomic E-state index is 13.0. The van der Waals surface area contributed by atoms with Crippen LogP contribution in [-0.2, 0) is 17.3 Å². The largest absolute Gasteiger partial charge is 0.507 e. The van der Waals surface area contributed by atoms with Crippen LogP contribution in [0.3, 0.4) is 0 Å². The average Bonchev–Trinajstić information content (AvgIpc) is 3.27. The minimum atomic E-state index is -4.54. The van der Waals surface area contributed by atoms with Crippen molar-refractivity contribution in [2.24, 2.45) is 0 Å². The lowest BCUT2D eigenvalue weighted by molar-refractivity contribution is -0.137. The third-order valence-electron chi connectivity index (χ3n) is 6.36. The number of rotatable bonds is 3. The van der Waals surface area contributed by atoms with Gasteiger partial charge in [0.05, 0.1) is 29.9 Å². The predicted octanol–water partition coefficient (Wildman–Crippen LogP) is 3.97. The van der Waals surface area contributed by atoms with Crippen molar-refractivity contribution < 1.29 is 28.1 Å². The number of halogens is 3. The van der Waals surface area contributed by atoms with Crippen molar-refractivity contribution in [2.45, 2.75) is 69.1 Å². The van der Waals surface area contributed by atoms with E-state index in [0.29, 0.717) is 17.9 Å². The van der Waals surface area contributed by atoms with Crippen molar-refractivity contribution >= 4 is 5.82 Å². The Labute approximate surface area is 171 Å². The standard InChI is InChI=1S/C21H22F3N3O3/c22-21(23,24)10-4-6-12(16(29)8-10)19-13-9-11-5-7-17(30-11)18(13)20(27-26-19)25-14-2-1-3-15(14)28/h4,6,8,11,14-15,17,28-29H,1-3,5,7,9H2,(H,25,27)/t11-,14-,15-,17+/m1/s1. The number of phenolic OH excluding ortho intramolecular Hbond substituents is 1. The summed E-state index contributed by atoms with van der Waals surface area (Å²) in [7, 11) is 0.